The van der Waals surface area contributed by atoms with E-state index in [1.54, 1.807) is 48.9 Å². The molecule has 0 aliphatic carbocycles. The molecule has 0 saturated carbocycles. The van der Waals surface area contributed by atoms with Crippen molar-refractivity contribution in [2.75, 3.05) is 44.9 Å². The highest BCUT2D eigenvalue weighted by Gasteiger charge is 2.29. The number of hydrogen-bond donors (Lipinski definition) is 2. The highest BCUT2D eigenvalue weighted by Crippen LogP contribution is 2.35. The lowest BCUT2D eigenvalue weighted by Crippen LogP contribution is -2.52. The summed E-state index contributed by atoms with van der Waals surface area (Å²) in [5, 5.41) is 14.3. The highest BCUT2D eigenvalue weighted by atomic mass is 16.7. The van der Waals surface area contributed by atoms with Gasteiger partial charge >= 0.3 is 6.09 Å². The summed E-state index contributed by atoms with van der Waals surface area (Å²) >= 11 is 0. The van der Waals surface area contributed by atoms with E-state index in [4.69, 9.17) is 14.2 Å². The monoisotopic (exact) mass is 523 g/mol. The summed E-state index contributed by atoms with van der Waals surface area (Å²) in [6.45, 7) is 7.41. The number of fused-ring (bicyclic) bond motifs is 1. The van der Waals surface area contributed by atoms with E-state index in [9.17, 15) is 14.4 Å². The molecule has 1 atom stereocenters. The first kappa shape index (κ1) is 25.1. The quantitative estimate of drug-likeness (QED) is 0.501. The number of amides is 3. The maximum atomic E-state index is 13.1. The van der Waals surface area contributed by atoms with Crippen LogP contribution in [-0.2, 0) is 9.53 Å². The standard InChI is InChI=1S/C25H29N7O6/c1-4-36-25(35)31-9-7-30(8-10-31)24(34)16(3)32-13-20(15(2)29-32)26-23(33)19-12-18(27-28-19)17-5-6-21-22(11-17)38-14-37-21/h5-6,11-13,16H,4,7-10,14H2,1-3H3,(H,26,33)(H,27,28). The summed E-state index contributed by atoms with van der Waals surface area (Å²) in [4.78, 5) is 41.2. The minimum Gasteiger partial charge on any atom is -0.454 e. The first-order valence-electron chi connectivity index (χ1n) is 12.4. The van der Waals surface area contributed by atoms with Crippen molar-refractivity contribution in [1.29, 1.82) is 0 Å². The Morgan fingerprint density at radius 1 is 1.11 bits per heavy atom. The molecule has 2 aliphatic rings. The Labute approximate surface area is 218 Å². The molecule has 3 amide bonds. The smallest absolute Gasteiger partial charge is 0.409 e. The molecule has 13 heteroatoms. The van der Waals surface area contributed by atoms with E-state index < -0.39 is 6.04 Å². The predicted octanol–water partition coefficient (Wildman–Crippen LogP) is 2.42. The highest BCUT2D eigenvalue weighted by molar-refractivity contribution is 6.03. The van der Waals surface area contributed by atoms with E-state index in [2.05, 4.69) is 20.6 Å². The molecule has 4 heterocycles. The number of benzene rings is 1. The van der Waals surface area contributed by atoms with Crippen LogP contribution in [0.1, 0.15) is 36.1 Å². The Bertz CT molecular complexity index is 1360. The zero-order valence-corrected chi connectivity index (χ0v) is 21.4. The van der Waals surface area contributed by atoms with Gasteiger partial charge in [-0.15, -0.1) is 0 Å². The van der Waals surface area contributed by atoms with Crippen molar-refractivity contribution in [3.8, 4) is 22.8 Å². The van der Waals surface area contributed by atoms with Crippen molar-refractivity contribution in [3.05, 3.63) is 41.9 Å². The van der Waals surface area contributed by atoms with E-state index in [1.165, 1.54) is 4.68 Å². The Balaban J connectivity index is 1.21. The molecule has 1 fully saturated rings. The van der Waals surface area contributed by atoms with Crippen LogP contribution >= 0.6 is 0 Å². The van der Waals surface area contributed by atoms with Gasteiger partial charge in [-0.05, 0) is 45.0 Å². The predicted molar refractivity (Wildman–Crippen MR) is 135 cm³/mol. The summed E-state index contributed by atoms with van der Waals surface area (Å²) in [6, 6.07) is 6.51. The van der Waals surface area contributed by atoms with Gasteiger partial charge in [0.2, 0.25) is 12.7 Å². The number of hydrogen-bond acceptors (Lipinski definition) is 8. The Hall–Kier alpha value is -4.55. The number of nitrogens with one attached hydrogen (secondary N) is 2. The van der Waals surface area contributed by atoms with E-state index in [0.717, 1.165) is 5.56 Å². The zero-order chi connectivity index (χ0) is 26.8. The number of carbonyl (C=O) groups is 3. The van der Waals surface area contributed by atoms with E-state index in [0.29, 0.717) is 61.4 Å². The average molecular weight is 524 g/mol. The number of anilines is 1. The molecule has 2 N–H and O–H groups in total. The number of H-pyrrole nitrogens is 1. The molecule has 200 valence electrons. The van der Waals surface area contributed by atoms with Crippen molar-refractivity contribution in [2.45, 2.75) is 26.8 Å². The Morgan fingerprint density at radius 3 is 2.61 bits per heavy atom. The number of ether oxygens (including phenoxy) is 3. The fourth-order valence-electron chi connectivity index (χ4n) is 4.34. The fourth-order valence-corrected chi connectivity index (χ4v) is 4.34. The van der Waals surface area contributed by atoms with Crippen LogP contribution in [0.5, 0.6) is 11.5 Å². The van der Waals surface area contributed by atoms with Crippen molar-refractivity contribution in [3.63, 3.8) is 0 Å². The largest absolute Gasteiger partial charge is 0.454 e. The van der Waals surface area contributed by atoms with Gasteiger partial charge in [0, 0.05) is 37.9 Å². The topological polar surface area (TPSA) is 144 Å². The van der Waals surface area contributed by atoms with Gasteiger partial charge in [0.25, 0.3) is 5.91 Å². The van der Waals surface area contributed by atoms with Gasteiger partial charge in [0.15, 0.2) is 11.5 Å². The molecule has 13 nitrogen and oxygen atoms in total. The van der Waals surface area contributed by atoms with Gasteiger partial charge in [-0.2, -0.15) is 10.2 Å². The van der Waals surface area contributed by atoms with Crippen molar-refractivity contribution in [1.82, 2.24) is 29.8 Å². The van der Waals surface area contributed by atoms with E-state index in [1.807, 2.05) is 12.1 Å². The summed E-state index contributed by atoms with van der Waals surface area (Å²) in [5.41, 5.74) is 2.70. The van der Waals surface area contributed by atoms with Gasteiger partial charge < -0.3 is 29.3 Å². The van der Waals surface area contributed by atoms with Gasteiger partial charge in [-0.1, -0.05) is 0 Å². The number of nitrogens with zero attached hydrogens (tertiary/aromatic N) is 5. The zero-order valence-electron chi connectivity index (χ0n) is 21.4. The molecule has 5 rings (SSSR count). The number of aromatic amines is 1. The number of aromatic nitrogens is 4. The molecule has 0 radical (unpaired) electrons. The lowest BCUT2D eigenvalue weighted by molar-refractivity contribution is -0.136. The molecule has 38 heavy (non-hydrogen) atoms. The molecular formula is C25H29N7O6. The van der Waals surface area contributed by atoms with Crippen LogP contribution in [0.3, 0.4) is 0 Å². The lowest BCUT2D eigenvalue weighted by atomic mass is 10.1. The van der Waals surface area contributed by atoms with Gasteiger partial charge in [-0.25, -0.2) is 4.79 Å². The number of carbonyl (C=O) groups excluding carboxylic acids is 3. The molecular weight excluding hydrogens is 494 g/mol. The minimum absolute atomic E-state index is 0.115. The third kappa shape index (κ3) is 4.99. The maximum Gasteiger partial charge on any atom is 0.409 e. The third-order valence-electron chi connectivity index (χ3n) is 6.53. The SMILES string of the molecule is CCOC(=O)N1CCN(C(=O)C(C)n2cc(NC(=O)c3cc(-c4ccc5c(c4)OCO5)n[nH]3)c(C)n2)CC1. The summed E-state index contributed by atoms with van der Waals surface area (Å²) < 4.78 is 17.3. The fraction of sp³-hybridized carbons (Fsp3) is 0.400. The van der Waals surface area contributed by atoms with Crippen LogP contribution in [0.15, 0.2) is 30.5 Å². The van der Waals surface area contributed by atoms with Crippen molar-refractivity contribution in [2.24, 2.45) is 0 Å². The molecule has 2 aliphatic heterocycles. The first-order chi connectivity index (χ1) is 18.3. The second kappa shape index (κ2) is 10.4. The van der Waals surface area contributed by atoms with E-state index in [-0.39, 0.29) is 30.4 Å². The Morgan fingerprint density at radius 2 is 1.84 bits per heavy atom. The van der Waals surface area contributed by atoms with Gasteiger partial charge in [0.05, 0.1) is 23.7 Å². The molecule has 0 bridgehead atoms. The van der Waals surface area contributed by atoms with Gasteiger partial charge in [-0.3, -0.25) is 19.4 Å². The Kier molecular flexibility index (Phi) is 6.90. The number of piperazine rings is 1. The molecule has 1 saturated heterocycles. The summed E-state index contributed by atoms with van der Waals surface area (Å²) in [6.07, 6.45) is 1.27. The lowest BCUT2D eigenvalue weighted by Gasteiger charge is -2.35. The molecule has 1 unspecified atom stereocenters. The van der Waals surface area contributed by atoms with Crippen molar-refractivity contribution >= 4 is 23.6 Å². The molecule has 1 aromatic carbocycles. The summed E-state index contributed by atoms with van der Waals surface area (Å²) in [7, 11) is 0. The molecule has 0 spiro atoms. The van der Waals surface area contributed by atoms with Crippen molar-refractivity contribution < 1.29 is 28.6 Å². The molecule has 2 aromatic heterocycles. The maximum absolute atomic E-state index is 13.1. The molecule has 3 aromatic rings. The van der Waals surface area contributed by atoms with E-state index >= 15 is 0 Å². The number of aryl methyl sites for hydroxylation is 1. The second-order valence-corrected chi connectivity index (χ2v) is 8.98. The van der Waals surface area contributed by atoms with Crippen LogP contribution < -0.4 is 14.8 Å². The van der Waals surface area contributed by atoms with Crippen LogP contribution in [0.25, 0.3) is 11.3 Å². The summed E-state index contributed by atoms with van der Waals surface area (Å²) in [5.74, 6) is 0.794. The van der Waals surface area contributed by atoms with Gasteiger partial charge in [0.1, 0.15) is 11.7 Å². The van der Waals surface area contributed by atoms with Crippen LogP contribution in [-0.4, -0.2) is 87.3 Å². The van der Waals surface area contributed by atoms with Crippen LogP contribution in [0, 0.1) is 6.92 Å². The minimum atomic E-state index is -0.585. The average Bonchev–Trinajstić information content (AvgIpc) is 3.68. The van der Waals surface area contributed by atoms with Crippen LogP contribution in [0.4, 0.5) is 10.5 Å². The normalized spacial score (nSPS) is 15.3. The second-order valence-electron chi connectivity index (χ2n) is 8.98. The number of rotatable bonds is 6. The van der Waals surface area contributed by atoms with Crippen LogP contribution in [0.2, 0.25) is 0 Å². The first-order valence-corrected chi connectivity index (χ1v) is 12.4. The third-order valence-corrected chi connectivity index (χ3v) is 6.53.